The number of H-pyrrole nitrogens is 2. The molecule has 0 radical (unpaired) electrons. The first-order valence-electron chi connectivity index (χ1n) is 8.28. The third kappa shape index (κ3) is 2.48. The molecule has 130 valence electrons. The summed E-state index contributed by atoms with van der Waals surface area (Å²) in [5, 5.41) is 5.49. The summed E-state index contributed by atoms with van der Waals surface area (Å²) in [5.74, 6) is 0.280. The number of hydrogen-bond donors (Lipinski definition) is 3. The lowest BCUT2D eigenvalue weighted by atomic mass is 10.1. The van der Waals surface area contributed by atoms with Gasteiger partial charge in [-0.2, -0.15) is 0 Å². The molecule has 9 heteroatoms. The lowest BCUT2D eigenvalue weighted by Gasteiger charge is -2.20. The van der Waals surface area contributed by atoms with Gasteiger partial charge in [-0.3, -0.25) is 19.3 Å². The van der Waals surface area contributed by atoms with E-state index in [1.165, 1.54) is 0 Å². The molecule has 0 spiro atoms. The van der Waals surface area contributed by atoms with Crippen molar-refractivity contribution in [1.29, 1.82) is 0 Å². The van der Waals surface area contributed by atoms with Gasteiger partial charge in [0.2, 0.25) is 5.95 Å². The van der Waals surface area contributed by atoms with Crippen molar-refractivity contribution < 1.29 is 4.79 Å². The SMILES string of the molecule is CCn1c(N)nc2cc(C(=O)N3CCc4[nH][nH]c(=O)c4CC3)cnc21. The molecule has 3 aromatic heterocycles. The second-order valence-electron chi connectivity index (χ2n) is 6.11. The molecule has 4 heterocycles. The molecule has 0 fully saturated rings. The number of aromatic amines is 2. The van der Waals surface area contributed by atoms with Crippen LogP contribution in [0.1, 0.15) is 28.5 Å². The van der Waals surface area contributed by atoms with E-state index in [0.29, 0.717) is 55.2 Å². The van der Waals surface area contributed by atoms with Crippen LogP contribution in [0.3, 0.4) is 0 Å². The van der Waals surface area contributed by atoms with Crippen LogP contribution in [0.2, 0.25) is 0 Å². The Morgan fingerprint density at radius 1 is 1.32 bits per heavy atom. The number of nitrogens with one attached hydrogen (secondary N) is 2. The van der Waals surface area contributed by atoms with E-state index >= 15 is 0 Å². The molecule has 1 amide bonds. The standard InChI is InChI=1S/C16H19N7O2/c1-2-23-13-12(19-16(23)17)7-9(8-18-13)15(25)22-5-3-10-11(4-6-22)20-21-14(10)24/h7-8H,2-6H2,1H3,(H2,17,19)(H2,20,21,24). The molecule has 0 saturated carbocycles. The first-order chi connectivity index (χ1) is 12.1. The maximum atomic E-state index is 12.8. The Kier molecular flexibility index (Phi) is 3.56. The normalized spacial score (nSPS) is 14.5. The smallest absolute Gasteiger partial charge is 0.267 e. The summed E-state index contributed by atoms with van der Waals surface area (Å²) < 4.78 is 1.80. The fourth-order valence-corrected chi connectivity index (χ4v) is 3.35. The number of aromatic nitrogens is 5. The largest absolute Gasteiger partial charge is 0.369 e. The minimum atomic E-state index is -0.111. The van der Waals surface area contributed by atoms with Crippen molar-refractivity contribution >= 4 is 23.0 Å². The second-order valence-corrected chi connectivity index (χ2v) is 6.11. The summed E-state index contributed by atoms with van der Waals surface area (Å²) >= 11 is 0. The summed E-state index contributed by atoms with van der Waals surface area (Å²) in [6, 6.07) is 1.73. The molecule has 0 unspecified atom stereocenters. The molecular formula is C16H19N7O2. The molecular weight excluding hydrogens is 322 g/mol. The molecule has 1 aliphatic rings. The van der Waals surface area contributed by atoms with Crippen LogP contribution in [-0.2, 0) is 19.4 Å². The van der Waals surface area contributed by atoms with E-state index in [4.69, 9.17) is 5.73 Å². The third-order valence-corrected chi connectivity index (χ3v) is 4.69. The van der Waals surface area contributed by atoms with E-state index in [0.717, 1.165) is 11.3 Å². The van der Waals surface area contributed by atoms with Gasteiger partial charge in [-0.25, -0.2) is 9.97 Å². The number of rotatable bonds is 2. The summed E-state index contributed by atoms with van der Waals surface area (Å²) in [7, 11) is 0. The number of nitrogens with two attached hydrogens (primary N) is 1. The van der Waals surface area contributed by atoms with Crippen LogP contribution in [0.15, 0.2) is 17.1 Å². The van der Waals surface area contributed by atoms with Crippen LogP contribution in [0.4, 0.5) is 5.95 Å². The quantitative estimate of drug-likeness (QED) is 0.618. The fraction of sp³-hybridized carbons (Fsp3) is 0.375. The number of carbonyl (C=O) groups excluding carboxylic acids is 1. The van der Waals surface area contributed by atoms with Crippen molar-refractivity contribution in [3.8, 4) is 0 Å². The van der Waals surface area contributed by atoms with E-state index in [1.54, 1.807) is 21.7 Å². The maximum absolute atomic E-state index is 12.8. The maximum Gasteiger partial charge on any atom is 0.267 e. The lowest BCUT2D eigenvalue weighted by molar-refractivity contribution is 0.0762. The zero-order valence-electron chi connectivity index (χ0n) is 13.9. The minimum absolute atomic E-state index is 0.104. The molecule has 1 aliphatic heterocycles. The van der Waals surface area contributed by atoms with Gasteiger partial charge in [0, 0.05) is 43.5 Å². The monoisotopic (exact) mass is 341 g/mol. The summed E-state index contributed by atoms with van der Waals surface area (Å²) in [6.07, 6.45) is 2.72. The third-order valence-electron chi connectivity index (χ3n) is 4.69. The van der Waals surface area contributed by atoms with Crippen molar-refractivity contribution in [2.75, 3.05) is 18.8 Å². The molecule has 0 atom stereocenters. The summed E-state index contributed by atoms with van der Waals surface area (Å²) in [4.78, 5) is 35.0. The van der Waals surface area contributed by atoms with Crippen LogP contribution in [-0.4, -0.2) is 48.6 Å². The molecule has 3 aromatic rings. The number of pyridine rings is 1. The summed E-state index contributed by atoms with van der Waals surface area (Å²) in [6.45, 7) is 3.67. The Morgan fingerprint density at radius 2 is 2.12 bits per heavy atom. The van der Waals surface area contributed by atoms with Gasteiger partial charge in [0.15, 0.2) is 5.65 Å². The Bertz CT molecular complexity index is 1010. The molecule has 4 rings (SSSR count). The van der Waals surface area contributed by atoms with Gasteiger partial charge in [-0.05, 0) is 19.4 Å². The van der Waals surface area contributed by atoms with Crippen LogP contribution >= 0.6 is 0 Å². The van der Waals surface area contributed by atoms with Gasteiger partial charge < -0.3 is 15.7 Å². The predicted molar refractivity (Wildman–Crippen MR) is 92.3 cm³/mol. The number of anilines is 1. The summed E-state index contributed by atoms with van der Waals surface area (Å²) in [5.41, 5.74) is 9.16. The van der Waals surface area contributed by atoms with Crippen molar-refractivity contribution in [3.05, 3.63) is 39.4 Å². The lowest BCUT2D eigenvalue weighted by Crippen LogP contribution is -2.33. The van der Waals surface area contributed by atoms with Crippen molar-refractivity contribution in [1.82, 2.24) is 29.6 Å². The highest BCUT2D eigenvalue weighted by molar-refractivity contribution is 5.96. The van der Waals surface area contributed by atoms with Gasteiger partial charge >= 0.3 is 0 Å². The number of nitrogen functional groups attached to an aromatic ring is 1. The first kappa shape index (κ1) is 15.4. The molecule has 0 bridgehead atoms. The number of nitrogens with zero attached hydrogens (tertiary/aromatic N) is 4. The van der Waals surface area contributed by atoms with E-state index < -0.39 is 0 Å². The zero-order chi connectivity index (χ0) is 17.6. The minimum Gasteiger partial charge on any atom is -0.369 e. The van der Waals surface area contributed by atoms with Crippen molar-refractivity contribution in [2.45, 2.75) is 26.3 Å². The number of carbonyl (C=O) groups is 1. The average molecular weight is 341 g/mol. The molecule has 9 nitrogen and oxygen atoms in total. The zero-order valence-corrected chi connectivity index (χ0v) is 13.9. The molecule has 0 aromatic carbocycles. The van der Waals surface area contributed by atoms with Crippen molar-refractivity contribution in [3.63, 3.8) is 0 Å². The number of amides is 1. The van der Waals surface area contributed by atoms with Gasteiger partial charge in [-0.1, -0.05) is 0 Å². The van der Waals surface area contributed by atoms with E-state index in [-0.39, 0.29) is 11.5 Å². The number of imidazole rings is 1. The Balaban J connectivity index is 1.61. The van der Waals surface area contributed by atoms with Crippen LogP contribution < -0.4 is 11.3 Å². The number of aryl methyl sites for hydroxylation is 1. The Labute approximate surface area is 142 Å². The highest BCUT2D eigenvalue weighted by Gasteiger charge is 2.23. The molecule has 4 N–H and O–H groups in total. The molecule has 0 saturated heterocycles. The van der Waals surface area contributed by atoms with Crippen LogP contribution in [0, 0.1) is 0 Å². The van der Waals surface area contributed by atoms with Crippen molar-refractivity contribution in [2.24, 2.45) is 0 Å². The topological polar surface area (TPSA) is 126 Å². The highest BCUT2D eigenvalue weighted by atomic mass is 16.2. The van der Waals surface area contributed by atoms with Gasteiger partial charge in [0.05, 0.1) is 5.56 Å². The fourth-order valence-electron chi connectivity index (χ4n) is 3.35. The average Bonchev–Trinajstić information content (AvgIpc) is 3.03. The van der Waals surface area contributed by atoms with Gasteiger partial charge in [0.1, 0.15) is 5.52 Å². The highest BCUT2D eigenvalue weighted by Crippen LogP contribution is 2.19. The second kappa shape index (κ2) is 5.76. The van der Waals surface area contributed by atoms with Gasteiger partial charge in [-0.15, -0.1) is 0 Å². The Hall–Kier alpha value is -3.10. The predicted octanol–water partition coefficient (Wildman–Crippen LogP) is 0.291. The van der Waals surface area contributed by atoms with E-state index in [9.17, 15) is 9.59 Å². The number of hydrogen-bond acceptors (Lipinski definition) is 5. The van der Waals surface area contributed by atoms with Crippen LogP contribution in [0.25, 0.3) is 11.2 Å². The van der Waals surface area contributed by atoms with E-state index in [1.807, 2.05) is 6.92 Å². The molecule has 25 heavy (non-hydrogen) atoms. The molecule has 0 aliphatic carbocycles. The van der Waals surface area contributed by atoms with Crippen LogP contribution in [0.5, 0.6) is 0 Å². The van der Waals surface area contributed by atoms with Gasteiger partial charge in [0.25, 0.3) is 11.5 Å². The first-order valence-corrected chi connectivity index (χ1v) is 8.28. The van der Waals surface area contributed by atoms with E-state index in [2.05, 4.69) is 20.2 Å². The Morgan fingerprint density at radius 3 is 2.92 bits per heavy atom. The number of fused-ring (bicyclic) bond motifs is 2.